The van der Waals surface area contributed by atoms with E-state index in [2.05, 4.69) is 17.1 Å². The highest BCUT2D eigenvalue weighted by Crippen LogP contribution is 2.34. The molecular weight excluding hydrogens is 254 g/mol. The quantitative estimate of drug-likeness (QED) is 0.839. The summed E-state index contributed by atoms with van der Waals surface area (Å²) in [4.78, 5) is 4.58. The zero-order valence-corrected chi connectivity index (χ0v) is 12.9. The summed E-state index contributed by atoms with van der Waals surface area (Å²) in [6, 6.07) is 0. The molecule has 1 aromatic heterocycles. The minimum Gasteiger partial charge on any atom is -0.367 e. The van der Waals surface area contributed by atoms with Crippen molar-refractivity contribution < 1.29 is 9.26 Å². The van der Waals surface area contributed by atoms with Crippen LogP contribution in [0.3, 0.4) is 0 Å². The highest BCUT2D eigenvalue weighted by Gasteiger charge is 2.37. The lowest BCUT2D eigenvalue weighted by Crippen LogP contribution is -2.36. The Morgan fingerprint density at radius 3 is 2.45 bits per heavy atom. The highest BCUT2D eigenvalue weighted by atomic mass is 16.5. The molecule has 0 aromatic carbocycles. The molecule has 20 heavy (non-hydrogen) atoms. The molecule has 0 radical (unpaired) electrons. The normalized spacial score (nSPS) is 22.2. The summed E-state index contributed by atoms with van der Waals surface area (Å²) in [5.74, 6) is 1.19. The highest BCUT2D eigenvalue weighted by molar-refractivity contribution is 5.07. The molecule has 1 saturated carbocycles. The summed E-state index contributed by atoms with van der Waals surface area (Å²) in [6.07, 6.45) is 7.39. The lowest BCUT2D eigenvalue weighted by atomic mass is 9.91. The first kappa shape index (κ1) is 15.4. The first-order valence-electron chi connectivity index (χ1n) is 7.81. The fourth-order valence-electron chi connectivity index (χ4n) is 2.86. The van der Waals surface area contributed by atoms with E-state index < -0.39 is 11.1 Å². The molecule has 0 amide bonds. The van der Waals surface area contributed by atoms with E-state index in [4.69, 9.17) is 15.0 Å². The van der Waals surface area contributed by atoms with E-state index in [1.807, 2.05) is 13.8 Å². The number of nitrogens with zero attached hydrogens (tertiary/aromatic N) is 2. The third kappa shape index (κ3) is 3.04. The van der Waals surface area contributed by atoms with E-state index in [1.165, 1.54) is 12.8 Å². The van der Waals surface area contributed by atoms with Gasteiger partial charge in [-0.3, -0.25) is 0 Å². The molecule has 5 heteroatoms. The molecule has 0 saturated heterocycles. The van der Waals surface area contributed by atoms with Gasteiger partial charge in [-0.1, -0.05) is 37.8 Å². The largest absolute Gasteiger partial charge is 0.367 e. The zero-order chi connectivity index (χ0) is 14.6. The number of hydrogen-bond acceptors (Lipinski definition) is 5. The maximum Gasteiger partial charge on any atom is 0.246 e. The standard InChI is InChI=1S/C15H27N3O2/c1-4-14(3,19-5-2)12-17-13(20-18-12)15(16)10-8-6-7-9-11-15/h4-11,16H2,1-3H3. The van der Waals surface area contributed by atoms with Crippen molar-refractivity contribution in [3.8, 4) is 0 Å². The summed E-state index contributed by atoms with van der Waals surface area (Å²) in [5, 5.41) is 4.14. The first-order valence-corrected chi connectivity index (χ1v) is 7.81. The molecule has 114 valence electrons. The van der Waals surface area contributed by atoms with Crippen LogP contribution in [0.25, 0.3) is 0 Å². The van der Waals surface area contributed by atoms with Gasteiger partial charge in [0.15, 0.2) is 0 Å². The maximum absolute atomic E-state index is 6.52. The van der Waals surface area contributed by atoms with Gasteiger partial charge in [0.2, 0.25) is 11.7 Å². The molecule has 0 aliphatic heterocycles. The topological polar surface area (TPSA) is 74.2 Å². The predicted octanol–water partition coefficient (Wildman–Crippen LogP) is 3.24. The molecular formula is C15H27N3O2. The van der Waals surface area contributed by atoms with Gasteiger partial charge >= 0.3 is 0 Å². The Labute approximate surface area is 121 Å². The molecule has 1 unspecified atom stereocenters. The van der Waals surface area contributed by atoms with Gasteiger partial charge in [0.25, 0.3) is 0 Å². The van der Waals surface area contributed by atoms with Gasteiger partial charge in [0.05, 0.1) is 5.54 Å². The second-order valence-corrected chi connectivity index (χ2v) is 6.01. The second-order valence-electron chi connectivity index (χ2n) is 6.01. The molecule has 5 nitrogen and oxygen atoms in total. The van der Waals surface area contributed by atoms with Gasteiger partial charge < -0.3 is 15.0 Å². The molecule has 1 atom stereocenters. The van der Waals surface area contributed by atoms with Crippen molar-refractivity contribution in [2.45, 2.75) is 76.9 Å². The van der Waals surface area contributed by atoms with Crippen LogP contribution in [-0.4, -0.2) is 16.7 Å². The number of nitrogens with two attached hydrogens (primary N) is 1. The van der Waals surface area contributed by atoms with Crippen LogP contribution in [0.1, 0.15) is 77.4 Å². The van der Waals surface area contributed by atoms with Gasteiger partial charge in [0.1, 0.15) is 5.60 Å². The van der Waals surface area contributed by atoms with E-state index in [9.17, 15) is 0 Å². The van der Waals surface area contributed by atoms with Crippen LogP contribution < -0.4 is 5.73 Å². The summed E-state index contributed by atoms with van der Waals surface area (Å²) >= 11 is 0. The summed E-state index contributed by atoms with van der Waals surface area (Å²) in [5.41, 5.74) is 5.57. The number of hydrogen-bond donors (Lipinski definition) is 1. The Bertz CT molecular complexity index is 425. The van der Waals surface area contributed by atoms with Gasteiger partial charge in [-0.2, -0.15) is 4.98 Å². The molecule has 1 aliphatic carbocycles. The summed E-state index contributed by atoms with van der Waals surface area (Å²) in [7, 11) is 0. The fraction of sp³-hybridized carbons (Fsp3) is 0.867. The van der Waals surface area contributed by atoms with Crippen molar-refractivity contribution in [2.75, 3.05) is 6.61 Å². The van der Waals surface area contributed by atoms with Crippen molar-refractivity contribution in [1.82, 2.24) is 10.1 Å². The number of rotatable bonds is 5. The third-order valence-corrected chi connectivity index (χ3v) is 4.46. The predicted molar refractivity (Wildman–Crippen MR) is 77.1 cm³/mol. The second kappa shape index (κ2) is 6.22. The Morgan fingerprint density at radius 2 is 1.90 bits per heavy atom. The van der Waals surface area contributed by atoms with E-state index >= 15 is 0 Å². The minimum absolute atomic E-state index is 0.456. The lowest BCUT2D eigenvalue weighted by molar-refractivity contribution is -0.0403. The first-order chi connectivity index (χ1) is 9.54. The lowest BCUT2D eigenvalue weighted by Gasteiger charge is -2.25. The molecule has 1 aliphatic rings. The third-order valence-electron chi connectivity index (χ3n) is 4.46. The Kier molecular flexibility index (Phi) is 4.81. The monoisotopic (exact) mass is 281 g/mol. The van der Waals surface area contributed by atoms with E-state index in [0.717, 1.165) is 32.1 Å². The molecule has 0 spiro atoms. The van der Waals surface area contributed by atoms with Gasteiger partial charge in [-0.25, -0.2) is 0 Å². The maximum atomic E-state index is 6.52. The molecule has 1 heterocycles. The Hall–Kier alpha value is -0.940. The number of ether oxygens (including phenoxy) is 1. The van der Waals surface area contributed by atoms with Crippen molar-refractivity contribution in [2.24, 2.45) is 5.73 Å². The van der Waals surface area contributed by atoms with Crippen molar-refractivity contribution in [1.29, 1.82) is 0 Å². The van der Waals surface area contributed by atoms with Gasteiger partial charge in [0, 0.05) is 6.61 Å². The average Bonchev–Trinajstić information content (AvgIpc) is 2.85. The van der Waals surface area contributed by atoms with Crippen molar-refractivity contribution in [3.05, 3.63) is 11.7 Å². The minimum atomic E-state index is -0.489. The average molecular weight is 281 g/mol. The SMILES string of the molecule is CCOC(C)(CC)c1noc(C2(N)CCCCCC2)n1. The van der Waals surface area contributed by atoms with E-state index in [1.54, 1.807) is 0 Å². The summed E-state index contributed by atoms with van der Waals surface area (Å²) in [6.45, 7) is 6.67. The van der Waals surface area contributed by atoms with Crippen LogP contribution in [-0.2, 0) is 15.9 Å². The van der Waals surface area contributed by atoms with E-state index in [-0.39, 0.29) is 0 Å². The van der Waals surface area contributed by atoms with Crippen LogP contribution in [0.4, 0.5) is 0 Å². The molecule has 0 bridgehead atoms. The molecule has 1 fully saturated rings. The van der Waals surface area contributed by atoms with Gasteiger partial charge in [-0.05, 0) is 33.1 Å². The van der Waals surface area contributed by atoms with E-state index in [0.29, 0.717) is 18.3 Å². The van der Waals surface area contributed by atoms with Crippen LogP contribution in [0, 0.1) is 0 Å². The zero-order valence-electron chi connectivity index (χ0n) is 12.9. The Morgan fingerprint density at radius 1 is 1.25 bits per heavy atom. The Balaban J connectivity index is 2.23. The van der Waals surface area contributed by atoms with Crippen molar-refractivity contribution >= 4 is 0 Å². The smallest absolute Gasteiger partial charge is 0.246 e. The van der Waals surface area contributed by atoms with Crippen LogP contribution >= 0.6 is 0 Å². The van der Waals surface area contributed by atoms with Gasteiger partial charge in [-0.15, -0.1) is 0 Å². The van der Waals surface area contributed by atoms with Crippen LogP contribution in [0.5, 0.6) is 0 Å². The molecule has 2 rings (SSSR count). The molecule has 1 aromatic rings. The fourth-order valence-corrected chi connectivity index (χ4v) is 2.86. The summed E-state index contributed by atoms with van der Waals surface area (Å²) < 4.78 is 11.3. The molecule has 2 N–H and O–H groups in total. The van der Waals surface area contributed by atoms with Crippen LogP contribution in [0.2, 0.25) is 0 Å². The van der Waals surface area contributed by atoms with Crippen molar-refractivity contribution in [3.63, 3.8) is 0 Å². The van der Waals surface area contributed by atoms with Crippen LogP contribution in [0.15, 0.2) is 4.52 Å². The number of aromatic nitrogens is 2.